The summed E-state index contributed by atoms with van der Waals surface area (Å²) < 4.78 is 10.5. The minimum absolute atomic E-state index is 0.199. The molecule has 2 aliphatic heterocycles. The van der Waals surface area contributed by atoms with E-state index in [1.54, 1.807) is 18.2 Å². The van der Waals surface area contributed by atoms with Crippen molar-refractivity contribution in [3.63, 3.8) is 0 Å². The molecular weight excluding hydrogens is 334 g/mol. The maximum atomic E-state index is 12.5. The Hall–Kier alpha value is -3.35. The van der Waals surface area contributed by atoms with Crippen molar-refractivity contribution >= 4 is 18.0 Å². The predicted molar refractivity (Wildman–Crippen MR) is 94.0 cm³/mol. The van der Waals surface area contributed by atoms with Crippen LogP contribution in [0.5, 0.6) is 11.5 Å². The van der Waals surface area contributed by atoms with Gasteiger partial charge in [-0.05, 0) is 29.3 Å². The predicted octanol–water partition coefficient (Wildman–Crippen LogP) is 1.40. The molecule has 2 aliphatic rings. The molecule has 2 aromatic rings. The molecule has 1 fully saturated rings. The van der Waals surface area contributed by atoms with E-state index in [2.05, 4.69) is 15.8 Å². The van der Waals surface area contributed by atoms with E-state index in [4.69, 9.17) is 9.47 Å². The average Bonchev–Trinajstić information content (AvgIpc) is 3.28. The van der Waals surface area contributed by atoms with Crippen LogP contribution in [-0.2, 0) is 9.59 Å². The summed E-state index contributed by atoms with van der Waals surface area (Å²) >= 11 is 0. The van der Waals surface area contributed by atoms with E-state index < -0.39 is 11.8 Å². The van der Waals surface area contributed by atoms with Gasteiger partial charge in [0, 0.05) is 12.5 Å². The summed E-state index contributed by atoms with van der Waals surface area (Å²) in [4.78, 5) is 24.6. The fraction of sp³-hybridized carbons (Fsp3) is 0.211. The molecule has 0 aromatic heterocycles. The van der Waals surface area contributed by atoms with Crippen molar-refractivity contribution in [1.82, 2.24) is 10.7 Å². The lowest BCUT2D eigenvalue weighted by Crippen LogP contribution is -2.34. The zero-order valence-electron chi connectivity index (χ0n) is 13.8. The maximum absolute atomic E-state index is 12.5. The first kappa shape index (κ1) is 16.1. The Morgan fingerprint density at radius 3 is 2.81 bits per heavy atom. The van der Waals surface area contributed by atoms with Gasteiger partial charge in [0.2, 0.25) is 12.7 Å². The first-order valence-electron chi connectivity index (χ1n) is 8.27. The van der Waals surface area contributed by atoms with Crippen molar-refractivity contribution in [2.45, 2.75) is 5.92 Å². The largest absolute Gasteiger partial charge is 0.454 e. The van der Waals surface area contributed by atoms with E-state index in [0.717, 1.165) is 11.1 Å². The maximum Gasteiger partial charge on any atom is 0.253 e. The first-order valence-corrected chi connectivity index (χ1v) is 8.27. The third kappa shape index (κ3) is 3.11. The van der Waals surface area contributed by atoms with Crippen molar-refractivity contribution in [1.29, 1.82) is 0 Å². The molecule has 2 amide bonds. The molecule has 26 heavy (non-hydrogen) atoms. The average molecular weight is 351 g/mol. The van der Waals surface area contributed by atoms with Gasteiger partial charge in [-0.15, -0.1) is 0 Å². The van der Waals surface area contributed by atoms with Crippen molar-refractivity contribution < 1.29 is 19.1 Å². The number of hydrogen-bond donors (Lipinski definition) is 2. The van der Waals surface area contributed by atoms with Gasteiger partial charge in [0.05, 0.1) is 6.21 Å². The van der Waals surface area contributed by atoms with Crippen LogP contribution >= 0.6 is 0 Å². The van der Waals surface area contributed by atoms with Crippen molar-refractivity contribution in [3.8, 4) is 11.5 Å². The molecule has 0 aliphatic carbocycles. The second kappa shape index (κ2) is 6.87. The SMILES string of the molecule is O=C1NCC(c2ccccc2)C1C(=O)NN=Cc1ccc2c(c1)OCO2. The van der Waals surface area contributed by atoms with Crippen molar-refractivity contribution in [3.05, 3.63) is 59.7 Å². The van der Waals surface area contributed by atoms with Crippen LogP contribution in [0.25, 0.3) is 0 Å². The first-order chi connectivity index (χ1) is 12.7. The minimum atomic E-state index is -0.800. The smallest absolute Gasteiger partial charge is 0.253 e. The molecule has 132 valence electrons. The second-order valence-electron chi connectivity index (χ2n) is 6.09. The number of nitrogens with one attached hydrogen (secondary N) is 2. The van der Waals surface area contributed by atoms with Gasteiger partial charge in [0.15, 0.2) is 11.5 Å². The van der Waals surface area contributed by atoms with Crippen LogP contribution in [0.4, 0.5) is 0 Å². The number of fused-ring (bicyclic) bond motifs is 1. The highest BCUT2D eigenvalue weighted by molar-refractivity contribution is 6.03. The molecule has 2 aromatic carbocycles. The quantitative estimate of drug-likeness (QED) is 0.495. The summed E-state index contributed by atoms with van der Waals surface area (Å²) in [6, 6.07) is 14.9. The third-order valence-corrected chi connectivity index (χ3v) is 4.48. The van der Waals surface area contributed by atoms with Crippen LogP contribution in [0.2, 0.25) is 0 Å². The van der Waals surface area contributed by atoms with Gasteiger partial charge in [-0.2, -0.15) is 5.10 Å². The number of hydrazone groups is 1. The normalized spacial score (nSPS) is 21.0. The summed E-state index contributed by atoms with van der Waals surface area (Å²) in [7, 11) is 0. The summed E-state index contributed by atoms with van der Waals surface area (Å²) in [6.07, 6.45) is 1.50. The van der Waals surface area contributed by atoms with Crippen LogP contribution in [0.15, 0.2) is 53.6 Å². The number of carbonyl (C=O) groups excluding carboxylic acids is 2. The Morgan fingerprint density at radius 2 is 1.96 bits per heavy atom. The Kier molecular flexibility index (Phi) is 4.27. The topological polar surface area (TPSA) is 89.0 Å². The third-order valence-electron chi connectivity index (χ3n) is 4.48. The number of ether oxygens (including phenoxy) is 2. The molecule has 0 radical (unpaired) electrons. The summed E-state index contributed by atoms with van der Waals surface area (Å²) in [5, 5.41) is 6.73. The van der Waals surface area contributed by atoms with E-state index in [9.17, 15) is 9.59 Å². The molecule has 0 spiro atoms. The Morgan fingerprint density at radius 1 is 1.15 bits per heavy atom. The van der Waals surface area contributed by atoms with Gasteiger partial charge < -0.3 is 14.8 Å². The lowest BCUT2D eigenvalue weighted by molar-refractivity contribution is -0.133. The number of rotatable bonds is 4. The lowest BCUT2D eigenvalue weighted by atomic mass is 9.88. The van der Waals surface area contributed by atoms with Crippen LogP contribution in [-0.4, -0.2) is 31.4 Å². The van der Waals surface area contributed by atoms with Crippen LogP contribution < -0.4 is 20.2 Å². The fourth-order valence-electron chi connectivity index (χ4n) is 3.17. The molecule has 2 heterocycles. The van der Waals surface area contributed by atoms with E-state index in [-0.39, 0.29) is 18.6 Å². The van der Waals surface area contributed by atoms with Crippen LogP contribution in [0.1, 0.15) is 17.0 Å². The summed E-state index contributed by atoms with van der Waals surface area (Å²) in [5.74, 6) is -0.393. The number of hydrogen-bond acceptors (Lipinski definition) is 5. The van der Waals surface area contributed by atoms with Crippen molar-refractivity contribution in [2.75, 3.05) is 13.3 Å². The highest BCUT2D eigenvalue weighted by Gasteiger charge is 2.40. The summed E-state index contributed by atoms with van der Waals surface area (Å²) in [5.41, 5.74) is 4.17. The summed E-state index contributed by atoms with van der Waals surface area (Å²) in [6.45, 7) is 0.636. The minimum Gasteiger partial charge on any atom is -0.454 e. The molecule has 2 atom stereocenters. The number of benzene rings is 2. The van der Waals surface area contributed by atoms with Gasteiger partial charge in [-0.25, -0.2) is 5.43 Å². The molecular formula is C19H17N3O4. The molecule has 7 heteroatoms. The van der Waals surface area contributed by atoms with E-state index >= 15 is 0 Å². The molecule has 2 unspecified atom stereocenters. The van der Waals surface area contributed by atoms with Crippen LogP contribution in [0, 0.1) is 5.92 Å². The van der Waals surface area contributed by atoms with Crippen LogP contribution in [0.3, 0.4) is 0 Å². The van der Waals surface area contributed by atoms with Gasteiger partial charge >= 0.3 is 0 Å². The number of carbonyl (C=O) groups is 2. The Labute approximate surface area is 150 Å². The van der Waals surface area contributed by atoms with E-state index in [1.165, 1.54) is 6.21 Å². The van der Waals surface area contributed by atoms with E-state index in [1.807, 2.05) is 30.3 Å². The zero-order chi connectivity index (χ0) is 17.9. The van der Waals surface area contributed by atoms with E-state index in [0.29, 0.717) is 18.0 Å². The number of nitrogens with zero attached hydrogens (tertiary/aromatic N) is 1. The second-order valence-corrected chi connectivity index (χ2v) is 6.09. The number of amides is 2. The zero-order valence-corrected chi connectivity index (χ0v) is 13.8. The standard InChI is InChI=1S/C19H17N3O4/c23-18-17(14(10-20-18)13-4-2-1-3-5-13)19(24)22-21-9-12-6-7-15-16(8-12)26-11-25-15/h1-9,14,17H,10-11H2,(H,20,23)(H,22,24). The highest BCUT2D eigenvalue weighted by Crippen LogP contribution is 2.32. The lowest BCUT2D eigenvalue weighted by Gasteiger charge is -2.15. The molecule has 4 rings (SSSR count). The van der Waals surface area contributed by atoms with Gasteiger partial charge in [0.25, 0.3) is 5.91 Å². The van der Waals surface area contributed by atoms with Gasteiger partial charge in [-0.1, -0.05) is 30.3 Å². The highest BCUT2D eigenvalue weighted by atomic mass is 16.7. The monoisotopic (exact) mass is 351 g/mol. The molecule has 0 bridgehead atoms. The van der Waals surface area contributed by atoms with Crippen molar-refractivity contribution in [2.24, 2.45) is 11.0 Å². The molecule has 2 N–H and O–H groups in total. The molecule has 0 saturated carbocycles. The molecule has 7 nitrogen and oxygen atoms in total. The molecule has 1 saturated heterocycles. The fourth-order valence-corrected chi connectivity index (χ4v) is 3.17. The van der Waals surface area contributed by atoms with Gasteiger partial charge in [-0.3, -0.25) is 9.59 Å². The Balaban J connectivity index is 1.44. The Bertz CT molecular complexity index is 866. The van der Waals surface area contributed by atoms with Gasteiger partial charge in [0.1, 0.15) is 5.92 Å².